The van der Waals surface area contributed by atoms with Crippen molar-refractivity contribution in [3.63, 3.8) is 0 Å². The molecule has 4 nitrogen and oxygen atoms in total. The lowest BCUT2D eigenvalue weighted by atomic mass is 9.94. The molecular formula is C14H21NO3. The van der Waals surface area contributed by atoms with Gasteiger partial charge in [0.15, 0.2) is 0 Å². The van der Waals surface area contributed by atoms with Crippen LogP contribution in [0.5, 0.6) is 0 Å². The second-order valence-electron chi connectivity index (χ2n) is 4.95. The Kier molecular flexibility index (Phi) is 5.13. The standard InChI is InChI=1S/C14H21NO3/c1-4-6-15(7-5-2)13(16)11-8-10(3)9-12(11)14(17)18/h4-5,10-12H,1-2,6-9H2,3H3,(H,17,18)/t10?,11-,12+/m0/s1. The topological polar surface area (TPSA) is 57.6 Å². The van der Waals surface area contributed by atoms with Crippen LogP contribution in [0.25, 0.3) is 0 Å². The number of hydrogen-bond donors (Lipinski definition) is 1. The van der Waals surface area contributed by atoms with Gasteiger partial charge >= 0.3 is 5.97 Å². The SMILES string of the molecule is C=CCN(CC=C)C(=O)[C@H]1CC(C)C[C@H]1C(=O)O. The van der Waals surface area contributed by atoms with Crippen LogP contribution in [-0.2, 0) is 9.59 Å². The minimum Gasteiger partial charge on any atom is -0.481 e. The zero-order chi connectivity index (χ0) is 13.7. The fourth-order valence-electron chi connectivity index (χ4n) is 2.64. The van der Waals surface area contributed by atoms with Gasteiger partial charge in [-0.05, 0) is 18.8 Å². The van der Waals surface area contributed by atoms with E-state index in [1.54, 1.807) is 17.1 Å². The van der Waals surface area contributed by atoms with Gasteiger partial charge in [-0.1, -0.05) is 19.1 Å². The fraction of sp³-hybridized carbons (Fsp3) is 0.571. The van der Waals surface area contributed by atoms with Crippen molar-refractivity contribution in [3.05, 3.63) is 25.3 Å². The van der Waals surface area contributed by atoms with Crippen molar-refractivity contribution in [2.45, 2.75) is 19.8 Å². The van der Waals surface area contributed by atoms with E-state index in [9.17, 15) is 14.7 Å². The van der Waals surface area contributed by atoms with E-state index >= 15 is 0 Å². The van der Waals surface area contributed by atoms with Crippen molar-refractivity contribution >= 4 is 11.9 Å². The van der Waals surface area contributed by atoms with Crippen molar-refractivity contribution in [2.24, 2.45) is 17.8 Å². The predicted octanol–water partition coefficient (Wildman–Crippen LogP) is 1.93. The molecule has 1 unspecified atom stereocenters. The van der Waals surface area contributed by atoms with Crippen LogP contribution < -0.4 is 0 Å². The Bertz CT molecular complexity index is 341. The molecule has 4 heteroatoms. The van der Waals surface area contributed by atoms with Crippen molar-refractivity contribution in [2.75, 3.05) is 13.1 Å². The van der Waals surface area contributed by atoms with E-state index in [0.717, 1.165) is 0 Å². The largest absolute Gasteiger partial charge is 0.481 e. The minimum atomic E-state index is -0.866. The highest BCUT2D eigenvalue weighted by molar-refractivity contribution is 5.85. The smallest absolute Gasteiger partial charge is 0.307 e. The van der Waals surface area contributed by atoms with Crippen molar-refractivity contribution in [3.8, 4) is 0 Å². The third kappa shape index (κ3) is 3.22. The molecule has 3 atom stereocenters. The molecule has 1 aliphatic rings. The van der Waals surface area contributed by atoms with Gasteiger partial charge in [0.05, 0.1) is 11.8 Å². The molecule has 1 aliphatic carbocycles. The summed E-state index contributed by atoms with van der Waals surface area (Å²) in [6.07, 6.45) is 4.54. The fourth-order valence-corrected chi connectivity index (χ4v) is 2.64. The van der Waals surface area contributed by atoms with Crippen LogP contribution in [-0.4, -0.2) is 35.0 Å². The van der Waals surface area contributed by atoms with Gasteiger partial charge in [0.25, 0.3) is 0 Å². The number of nitrogens with zero attached hydrogens (tertiary/aromatic N) is 1. The third-order valence-electron chi connectivity index (χ3n) is 3.44. The molecule has 1 N–H and O–H groups in total. The van der Waals surface area contributed by atoms with Crippen LogP contribution in [0.4, 0.5) is 0 Å². The van der Waals surface area contributed by atoms with Crippen molar-refractivity contribution in [1.29, 1.82) is 0 Å². The summed E-state index contributed by atoms with van der Waals surface area (Å²) in [4.78, 5) is 25.2. The summed E-state index contributed by atoms with van der Waals surface area (Å²) >= 11 is 0. The molecular weight excluding hydrogens is 230 g/mol. The number of carboxylic acids is 1. The Morgan fingerprint density at radius 1 is 1.22 bits per heavy atom. The molecule has 0 aromatic rings. The molecule has 1 fully saturated rings. The maximum absolute atomic E-state index is 12.4. The van der Waals surface area contributed by atoms with Gasteiger partial charge in [-0.15, -0.1) is 13.2 Å². The Morgan fingerprint density at radius 2 is 1.72 bits per heavy atom. The zero-order valence-electron chi connectivity index (χ0n) is 10.8. The number of amides is 1. The monoisotopic (exact) mass is 251 g/mol. The van der Waals surface area contributed by atoms with E-state index in [1.807, 2.05) is 6.92 Å². The first-order valence-electron chi connectivity index (χ1n) is 6.24. The average molecular weight is 251 g/mol. The molecule has 1 saturated carbocycles. The first kappa shape index (κ1) is 14.5. The Morgan fingerprint density at radius 3 is 2.17 bits per heavy atom. The highest BCUT2D eigenvalue weighted by Crippen LogP contribution is 2.37. The summed E-state index contributed by atoms with van der Waals surface area (Å²) in [5.74, 6) is -1.63. The van der Waals surface area contributed by atoms with Crippen LogP contribution in [0.3, 0.4) is 0 Å². The number of hydrogen-bond acceptors (Lipinski definition) is 2. The maximum atomic E-state index is 12.4. The lowest BCUT2D eigenvalue weighted by Gasteiger charge is -2.25. The number of carbonyl (C=O) groups is 2. The number of carbonyl (C=O) groups excluding carboxylic acids is 1. The molecule has 1 rings (SSSR count). The number of rotatable bonds is 6. The van der Waals surface area contributed by atoms with E-state index in [2.05, 4.69) is 13.2 Å². The molecule has 0 spiro atoms. The van der Waals surface area contributed by atoms with Gasteiger partial charge in [-0.3, -0.25) is 9.59 Å². The first-order valence-corrected chi connectivity index (χ1v) is 6.24. The normalized spacial score (nSPS) is 26.6. The molecule has 0 aliphatic heterocycles. The third-order valence-corrected chi connectivity index (χ3v) is 3.44. The average Bonchev–Trinajstić information content (AvgIpc) is 2.70. The summed E-state index contributed by atoms with van der Waals surface area (Å²) in [6, 6.07) is 0. The summed E-state index contributed by atoms with van der Waals surface area (Å²) < 4.78 is 0. The van der Waals surface area contributed by atoms with Gasteiger partial charge in [-0.25, -0.2) is 0 Å². The Hall–Kier alpha value is -1.58. The second kappa shape index (κ2) is 6.38. The first-order chi connectivity index (χ1) is 8.51. The molecule has 0 aromatic carbocycles. The van der Waals surface area contributed by atoms with Crippen LogP contribution >= 0.6 is 0 Å². The molecule has 0 aromatic heterocycles. The summed E-state index contributed by atoms with van der Waals surface area (Å²) in [5.41, 5.74) is 0. The van der Waals surface area contributed by atoms with Crippen LogP contribution in [0.1, 0.15) is 19.8 Å². The van der Waals surface area contributed by atoms with E-state index in [4.69, 9.17) is 0 Å². The van der Waals surface area contributed by atoms with Crippen LogP contribution in [0.2, 0.25) is 0 Å². The van der Waals surface area contributed by atoms with E-state index in [1.165, 1.54) is 0 Å². The van der Waals surface area contributed by atoms with E-state index < -0.39 is 17.8 Å². The molecule has 1 amide bonds. The lowest BCUT2D eigenvalue weighted by Crippen LogP contribution is -2.39. The molecule has 0 heterocycles. The minimum absolute atomic E-state index is 0.0912. The van der Waals surface area contributed by atoms with Gasteiger partial charge in [0.2, 0.25) is 5.91 Å². The van der Waals surface area contributed by atoms with Gasteiger partial charge in [0.1, 0.15) is 0 Å². The van der Waals surface area contributed by atoms with Gasteiger partial charge in [-0.2, -0.15) is 0 Å². The highest BCUT2D eigenvalue weighted by Gasteiger charge is 2.42. The number of carboxylic acid groups (broad SMARTS) is 1. The van der Waals surface area contributed by atoms with E-state index in [0.29, 0.717) is 25.9 Å². The Balaban J connectivity index is 2.82. The highest BCUT2D eigenvalue weighted by atomic mass is 16.4. The summed E-state index contributed by atoms with van der Waals surface area (Å²) in [7, 11) is 0. The molecule has 18 heavy (non-hydrogen) atoms. The van der Waals surface area contributed by atoms with Gasteiger partial charge in [0, 0.05) is 13.1 Å². The zero-order valence-corrected chi connectivity index (χ0v) is 10.8. The lowest BCUT2D eigenvalue weighted by molar-refractivity contribution is -0.148. The van der Waals surface area contributed by atoms with Crippen molar-refractivity contribution < 1.29 is 14.7 Å². The summed E-state index contributed by atoms with van der Waals surface area (Å²) in [6.45, 7) is 10.1. The molecule has 0 radical (unpaired) electrons. The molecule has 0 saturated heterocycles. The molecule has 0 bridgehead atoms. The number of aliphatic carboxylic acids is 1. The predicted molar refractivity (Wildman–Crippen MR) is 70.0 cm³/mol. The Labute approximate surface area is 108 Å². The van der Waals surface area contributed by atoms with Crippen LogP contribution in [0.15, 0.2) is 25.3 Å². The molecule has 100 valence electrons. The van der Waals surface area contributed by atoms with Crippen LogP contribution in [0, 0.1) is 17.8 Å². The summed E-state index contributed by atoms with van der Waals surface area (Å²) in [5, 5.41) is 9.18. The van der Waals surface area contributed by atoms with Crippen molar-refractivity contribution in [1.82, 2.24) is 4.90 Å². The second-order valence-corrected chi connectivity index (χ2v) is 4.95. The maximum Gasteiger partial charge on any atom is 0.307 e. The quantitative estimate of drug-likeness (QED) is 0.734. The van der Waals surface area contributed by atoms with E-state index in [-0.39, 0.29) is 11.8 Å². The van der Waals surface area contributed by atoms with Gasteiger partial charge < -0.3 is 10.0 Å².